The molecule has 0 unspecified atom stereocenters. The van der Waals surface area contributed by atoms with Gasteiger partial charge in [-0.3, -0.25) is 14.9 Å². The number of rotatable bonds is 7. The van der Waals surface area contributed by atoms with Crippen LogP contribution in [0.25, 0.3) is 0 Å². The molecule has 1 heterocycles. The topological polar surface area (TPSA) is 73.9 Å². The maximum absolute atomic E-state index is 12.4. The lowest BCUT2D eigenvalue weighted by Gasteiger charge is -2.36. The van der Waals surface area contributed by atoms with Crippen LogP contribution in [-0.4, -0.2) is 54.6 Å². The quantitative estimate of drug-likeness (QED) is 0.565. The van der Waals surface area contributed by atoms with Gasteiger partial charge in [-0.25, -0.2) is 0 Å². The minimum Gasteiger partial charge on any atom is -0.494 e. The maximum atomic E-state index is 12.4. The summed E-state index contributed by atoms with van der Waals surface area (Å²) < 4.78 is 5.39. The molecule has 33 heavy (non-hydrogen) atoms. The van der Waals surface area contributed by atoms with Gasteiger partial charge >= 0.3 is 0 Å². The SMILES string of the molecule is CCCC(=O)N1CCN(c2ccc(NC(=S)NC(=O)c3ccc(OCC)cc3)cc2Cl)CC1. The number of nitrogens with one attached hydrogen (secondary N) is 2. The molecule has 0 saturated carbocycles. The summed E-state index contributed by atoms with van der Waals surface area (Å²) in [4.78, 5) is 28.6. The van der Waals surface area contributed by atoms with E-state index in [0.29, 0.717) is 48.1 Å². The Balaban J connectivity index is 1.54. The zero-order valence-electron chi connectivity index (χ0n) is 18.9. The fraction of sp³-hybridized carbons (Fsp3) is 0.375. The number of thiocarbonyl (C=S) groups is 1. The molecule has 0 atom stereocenters. The predicted molar refractivity (Wildman–Crippen MR) is 136 cm³/mol. The zero-order valence-corrected chi connectivity index (χ0v) is 20.5. The second-order valence-electron chi connectivity index (χ2n) is 7.65. The van der Waals surface area contributed by atoms with E-state index in [-0.39, 0.29) is 16.9 Å². The van der Waals surface area contributed by atoms with Crippen molar-refractivity contribution in [2.45, 2.75) is 26.7 Å². The van der Waals surface area contributed by atoms with Gasteiger partial charge in [0, 0.05) is 43.9 Å². The monoisotopic (exact) mass is 488 g/mol. The highest BCUT2D eigenvalue weighted by Gasteiger charge is 2.22. The Bertz CT molecular complexity index is 992. The van der Waals surface area contributed by atoms with Crippen LogP contribution in [-0.2, 0) is 4.79 Å². The smallest absolute Gasteiger partial charge is 0.257 e. The number of carbonyl (C=O) groups is 2. The number of benzene rings is 2. The van der Waals surface area contributed by atoms with Crippen molar-refractivity contribution in [1.29, 1.82) is 0 Å². The van der Waals surface area contributed by atoms with Crippen molar-refractivity contribution in [3.8, 4) is 5.75 Å². The van der Waals surface area contributed by atoms with Crippen molar-refractivity contribution >= 4 is 52.1 Å². The number of carbonyl (C=O) groups excluding carboxylic acids is 2. The molecule has 0 spiro atoms. The maximum Gasteiger partial charge on any atom is 0.257 e. The Labute approximate surface area is 205 Å². The van der Waals surface area contributed by atoms with E-state index in [1.54, 1.807) is 30.3 Å². The van der Waals surface area contributed by atoms with Crippen LogP contribution in [0.4, 0.5) is 11.4 Å². The number of halogens is 1. The summed E-state index contributed by atoms with van der Waals surface area (Å²) >= 11 is 11.8. The molecule has 0 aromatic heterocycles. The molecule has 1 aliphatic heterocycles. The number of hydrogen-bond acceptors (Lipinski definition) is 5. The largest absolute Gasteiger partial charge is 0.494 e. The molecule has 0 aliphatic carbocycles. The van der Waals surface area contributed by atoms with Gasteiger partial charge in [-0.15, -0.1) is 0 Å². The molecule has 7 nitrogen and oxygen atoms in total. The molecule has 1 aliphatic rings. The summed E-state index contributed by atoms with van der Waals surface area (Å²) in [6.45, 7) is 7.33. The minimum absolute atomic E-state index is 0.181. The first-order chi connectivity index (χ1) is 15.9. The average molecular weight is 489 g/mol. The summed E-state index contributed by atoms with van der Waals surface area (Å²) in [5, 5.41) is 6.43. The van der Waals surface area contributed by atoms with Crippen molar-refractivity contribution in [1.82, 2.24) is 10.2 Å². The molecular formula is C24H29ClN4O3S. The van der Waals surface area contributed by atoms with E-state index in [0.717, 1.165) is 25.2 Å². The van der Waals surface area contributed by atoms with Gasteiger partial charge in [-0.1, -0.05) is 18.5 Å². The van der Waals surface area contributed by atoms with Crippen LogP contribution in [0.2, 0.25) is 5.02 Å². The molecule has 3 rings (SSSR count). The Kier molecular flexibility index (Phi) is 8.91. The number of hydrogen-bond donors (Lipinski definition) is 2. The molecule has 2 aromatic carbocycles. The lowest BCUT2D eigenvalue weighted by Crippen LogP contribution is -2.48. The Morgan fingerprint density at radius 1 is 1.06 bits per heavy atom. The second-order valence-corrected chi connectivity index (χ2v) is 8.47. The van der Waals surface area contributed by atoms with Crippen molar-refractivity contribution in [2.75, 3.05) is 43.0 Å². The standard InChI is InChI=1S/C24H29ClN4O3S/c1-3-5-22(30)29-14-12-28(13-15-29)21-11-8-18(16-20(21)25)26-24(33)27-23(31)17-6-9-19(10-7-17)32-4-2/h6-11,16H,3-5,12-15H2,1-2H3,(H2,26,27,31,33). The van der Waals surface area contributed by atoms with Gasteiger partial charge in [0.1, 0.15) is 5.75 Å². The lowest BCUT2D eigenvalue weighted by molar-refractivity contribution is -0.131. The van der Waals surface area contributed by atoms with E-state index < -0.39 is 0 Å². The highest BCUT2D eigenvalue weighted by atomic mass is 35.5. The third-order valence-electron chi connectivity index (χ3n) is 5.30. The van der Waals surface area contributed by atoms with E-state index >= 15 is 0 Å². The van der Waals surface area contributed by atoms with E-state index in [9.17, 15) is 9.59 Å². The Morgan fingerprint density at radius 3 is 2.36 bits per heavy atom. The third-order valence-corrected chi connectivity index (χ3v) is 5.80. The normalized spacial score (nSPS) is 13.4. The number of nitrogens with zero attached hydrogens (tertiary/aromatic N) is 2. The van der Waals surface area contributed by atoms with Crippen molar-refractivity contribution in [3.63, 3.8) is 0 Å². The second kappa shape index (κ2) is 11.9. The summed E-state index contributed by atoms with van der Waals surface area (Å²) in [6.07, 6.45) is 1.46. The summed E-state index contributed by atoms with van der Waals surface area (Å²) in [6, 6.07) is 12.4. The van der Waals surface area contributed by atoms with E-state index in [1.165, 1.54) is 0 Å². The van der Waals surface area contributed by atoms with Gasteiger partial charge < -0.3 is 19.9 Å². The van der Waals surface area contributed by atoms with Gasteiger partial charge in [0.15, 0.2) is 5.11 Å². The number of piperazine rings is 1. The molecule has 2 aromatic rings. The highest BCUT2D eigenvalue weighted by Crippen LogP contribution is 2.29. The van der Waals surface area contributed by atoms with Crippen LogP contribution in [0.3, 0.4) is 0 Å². The highest BCUT2D eigenvalue weighted by molar-refractivity contribution is 7.80. The van der Waals surface area contributed by atoms with E-state index in [1.807, 2.05) is 30.9 Å². The molecular weight excluding hydrogens is 460 g/mol. The molecule has 2 amide bonds. The molecule has 176 valence electrons. The van der Waals surface area contributed by atoms with Gasteiger partial charge in [-0.05, 0) is 68.0 Å². The number of amides is 2. The summed E-state index contributed by atoms with van der Waals surface area (Å²) in [7, 11) is 0. The third kappa shape index (κ3) is 6.82. The van der Waals surface area contributed by atoms with Crippen LogP contribution in [0.5, 0.6) is 5.75 Å². The predicted octanol–water partition coefficient (Wildman–Crippen LogP) is 4.31. The molecule has 0 bridgehead atoms. The number of anilines is 2. The van der Waals surface area contributed by atoms with Crippen LogP contribution < -0.4 is 20.3 Å². The van der Waals surface area contributed by atoms with E-state index in [4.69, 9.17) is 28.6 Å². The van der Waals surface area contributed by atoms with Crippen LogP contribution in [0, 0.1) is 0 Å². The van der Waals surface area contributed by atoms with Gasteiger partial charge in [-0.2, -0.15) is 0 Å². The van der Waals surface area contributed by atoms with Crippen molar-refractivity contribution < 1.29 is 14.3 Å². The van der Waals surface area contributed by atoms with Crippen LogP contribution in [0.1, 0.15) is 37.0 Å². The number of ether oxygens (including phenoxy) is 1. The zero-order chi connectivity index (χ0) is 23.8. The minimum atomic E-state index is -0.311. The lowest BCUT2D eigenvalue weighted by atomic mass is 10.2. The molecule has 0 radical (unpaired) electrons. The Morgan fingerprint density at radius 2 is 1.76 bits per heavy atom. The first-order valence-electron chi connectivity index (χ1n) is 11.1. The summed E-state index contributed by atoms with van der Waals surface area (Å²) in [5.74, 6) is 0.607. The van der Waals surface area contributed by atoms with Crippen molar-refractivity contribution in [3.05, 3.63) is 53.1 Å². The van der Waals surface area contributed by atoms with Crippen molar-refractivity contribution in [2.24, 2.45) is 0 Å². The molecule has 1 fully saturated rings. The molecule has 9 heteroatoms. The first-order valence-corrected chi connectivity index (χ1v) is 11.9. The van der Waals surface area contributed by atoms with Gasteiger partial charge in [0.2, 0.25) is 5.91 Å². The molecule has 1 saturated heterocycles. The fourth-order valence-electron chi connectivity index (χ4n) is 3.62. The van der Waals surface area contributed by atoms with Gasteiger partial charge in [0.05, 0.1) is 17.3 Å². The summed E-state index contributed by atoms with van der Waals surface area (Å²) in [5.41, 5.74) is 2.07. The van der Waals surface area contributed by atoms with Gasteiger partial charge in [0.25, 0.3) is 5.91 Å². The van der Waals surface area contributed by atoms with Crippen LogP contribution >= 0.6 is 23.8 Å². The van der Waals surface area contributed by atoms with Crippen LogP contribution in [0.15, 0.2) is 42.5 Å². The molecule has 2 N–H and O–H groups in total. The Hall–Kier alpha value is -2.84. The first kappa shape index (κ1) is 24.8. The van der Waals surface area contributed by atoms with E-state index in [2.05, 4.69) is 15.5 Å². The fourth-order valence-corrected chi connectivity index (χ4v) is 4.13. The average Bonchev–Trinajstić information content (AvgIpc) is 2.80.